The third-order valence-electron chi connectivity index (χ3n) is 3.39. The van der Waals surface area contributed by atoms with Crippen LogP contribution >= 0.6 is 0 Å². The zero-order valence-electron chi connectivity index (χ0n) is 10.7. The molecule has 1 fully saturated rings. The quantitative estimate of drug-likeness (QED) is 0.828. The molecule has 1 aliphatic rings. The first kappa shape index (κ1) is 12.7. The third kappa shape index (κ3) is 2.55. The molecule has 5 nitrogen and oxygen atoms in total. The Kier molecular flexibility index (Phi) is 3.41. The standard InChI is InChI=1S/C13H18N2O3/c1-8-7-11(13(17)18)9(2)15(8)6-5-14-12(16)10-3-4-10/h7,10H,3-6H2,1-2H3,(H,14,16)(H,17,18). The van der Waals surface area contributed by atoms with Crippen LogP contribution in [0.25, 0.3) is 0 Å². The highest BCUT2D eigenvalue weighted by molar-refractivity contribution is 5.89. The number of carboxylic acid groups (broad SMARTS) is 1. The molecule has 0 unspecified atom stereocenters. The van der Waals surface area contributed by atoms with Crippen molar-refractivity contribution in [3.05, 3.63) is 23.0 Å². The smallest absolute Gasteiger partial charge is 0.337 e. The van der Waals surface area contributed by atoms with Crippen LogP contribution in [-0.2, 0) is 11.3 Å². The lowest BCUT2D eigenvalue weighted by molar-refractivity contribution is -0.122. The van der Waals surface area contributed by atoms with Gasteiger partial charge in [0.15, 0.2) is 0 Å². The Morgan fingerprint density at radius 2 is 2.11 bits per heavy atom. The first-order valence-corrected chi connectivity index (χ1v) is 6.18. The second-order valence-corrected chi connectivity index (χ2v) is 4.81. The zero-order valence-corrected chi connectivity index (χ0v) is 10.7. The van der Waals surface area contributed by atoms with E-state index in [1.807, 2.05) is 11.5 Å². The molecule has 0 aliphatic heterocycles. The van der Waals surface area contributed by atoms with Crippen molar-refractivity contribution in [3.8, 4) is 0 Å². The van der Waals surface area contributed by atoms with Crippen LogP contribution in [0.1, 0.15) is 34.6 Å². The van der Waals surface area contributed by atoms with E-state index in [0.29, 0.717) is 18.7 Å². The van der Waals surface area contributed by atoms with Crippen molar-refractivity contribution in [1.29, 1.82) is 0 Å². The van der Waals surface area contributed by atoms with E-state index in [9.17, 15) is 9.59 Å². The number of aryl methyl sites for hydroxylation is 1. The van der Waals surface area contributed by atoms with Crippen LogP contribution in [0.5, 0.6) is 0 Å². The van der Waals surface area contributed by atoms with Crippen molar-refractivity contribution >= 4 is 11.9 Å². The maximum absolute atomic E-state index is 11.5. The molecular formula is C13H18N2O3. The highest BCUT2D eigenvalue weighted by Gasteiger charge is 2.29. The molecule has 1 heterocycles. The molecule has 1 aliphatic carbocycles. The number of carboxylic acids is 1. The summed E-state index contributed by atoms with van der Waals surface area (Å²) < 4.78 is 1.93. The van der Waals surface area contributed by atoms with Crippen LogP contribution in [-0.4, -0.2) is 28.1 Å². The Bertz CT molecular complexity index is 487. The summed E-state index contributed by atoms with van der Waals surface area (Å²) in [6.07, 6.45) is 1.99. The molecule has 0 aromatic carbocycles. The molecule has 0 atom stereocenters. The third-order valence-corrected chi connectivity index (χ3v) is 3.39. The van der Waals surface area contributed by atoms with Crippen molar-refractivity contribution in [3.63, 3.8) is 0 Å². The van der Waals surface area contributed by atoms with Crippen LogP contribution in [0.2, 0.25) is 0 Å². The van der Waals surface area contributed by atoms with E-state index in [-0.39, 0.29) is 11.8 Å². The Morgan fingerprint density at radius 1 is 1.44 bits per heavy atom. The molecule has 0 radical (unpaired) electrons. The molecule has 0 spiro atoms. The molecule has 2 N–H and O–H groups in total. The number of carbonyl (C=O) groups excluding carboxylic acids is 1. The van der Waals surface area contributed by atoms with Gasteiger partial charge in [-0.05, 0) is 32.8 Å². The van der Waals surface area contributed by atoms with Crippen LogP contribution in [0, 0.1) is 19.8 Å². The Balaban J connectivity index is 1.96. The summed E-state index contributed by atoms with van der Waals surface area (Å²) in [6, 6.07) is 1.67. The van der Waals surface area contributed by atoms with Gasteiger partial charge in [0.1, 0.15) is 0 Å². The number of hydrogen-bond donors (Lipinski definition) is 2. The maximum Gasteiger partial charge on any atom is 0.337 e. The largest absolute Gasteiger partial charge is 0.478 e. The molecule has 1 saturated carbocycles. The van der Waals surface area contributed by atoms with Crippen molar-refractivity contribution in [2.24, 2.45) is 5.92 Å². The fourth-order valence-electron chi connectivity index (χ4n) is 2.14. The van der Waals surface area contributed by atoms with Gasteiger partial charge in [-0.15, -0.1) is 0 Å². The van der Waals surface area contributed by atoms with E-state index in [1.165, 1.54) is 0 Å². The van der Waals surface area contributed by atoms with Crippen molar-refractivity contribution in [2.75, 3.05) is 6.54 Å². The Labute approximate surface area is 106 Å². The second kappa shape index (κ2) is 4.84. The van der Waals surface area contributed by atoms with Crippen LogP contribution < -0.4 is 5.32 Å². The number of nitrogens with one attached hydrogen (secondary N) is 1. The minimum atomic E-state index is -0.906. The molecule has 2 rings (SSSR count). The van der Waals surface area contributed by atoms with E-state index in [1.54, 1.807) is 13.0 Å². The predicted octanol–water partition coefficient (Wildman–Crippen LogP) is 1.33. The maximum atomic E-state index is 11.5. The van der Waals surface area contributed by atoms with Gasteiger partial charge in [0.25, 0.3) is 0 Å². The van der Waals surface area contributed by atoms with E-state index < -0.39 is 5.97 Å². The number of carbonyl (C=O) groups is 2. The molecule has 18 heavy (non-hydrogen) atoms. The molecule has 1 aromatic rings. The molecule has 1 aromatic heterocycles. The van der Waals surface area contributed by atoms with E-state index in [4.69, 9.17) is 5.11 Å². The van der Waals surface area contributed by atoms with Gasteiger partial charge in [0.2, 0.25) is 5.91 Å². The number of amides is 1. The number of aromatic carboxylic acids is 1. The topological polar surface area (TPSA) is 71.3 Å². The molecule has 0 saturated heterocycles. The summed E-state index contributed by atoms with van der Waals surface area (Å²) in [7, 11) is 0. The normalized spacial score (nSPS) is 14.6. The second-order valence-electron chi connectivity index (χ2n) is 4.81. The van der Waals surface area contributed by atoms with E-state index in [2.05, 4.69) is 5.32 Å². The first-order valence-electron chi connectivity index (χ1n) is 6.18. The Morgan fingerprint density at radius 3 is 2.61 bits per heavy atom. The van der Waals surface area contributed by atoms with Gasteiger partial charge in [-0.3, -0.25) is 4.79 Å². The number of rotatable bonds is 5. The van der Waals surface area contributed by atoms with Gasteiger partial charge in [-0.1, -0.05) is 0 Å². The Hall–Kier alpha value is -1.78. The summed E-state index contributed by atoms with van der Waals surface area (Å²) >= 11 is 0. The van der Waals surface area contributed by atoms with Crippen molar-refractivity contribution in [1.82, 2.24) is 9.88 Å². The summed E-state index contributed by atoms with van der Waals surface area (Å²) in [5.41, 5.74) is 1.98. The lowest BCUT2D eigenvalue weighted by atomic mass is 10.2. The van der Waals surface area contributed by atoms with Gasteiger partial charge in [0, 0.05) is 30.4 Å². The molecule has 98 valence electrons. The fraction of sp³-hybridized carbons (Fsp3) is 0.538. The molecule has 5 heteroatoms. The summed E-state index contributed by atoms with van der Waals surface area (Å²) in [6.45, 7) is 4.83. The summed E-state index contributed by atoms with van der Waals surface area (Å²) in [5, 5.41) is 11.9. The van der Waals surface area contributed by atoms with Gasteiger partial charge >= 0.3 is 5.97 Å². The van der Waals surface area contributed by atoms with Gasteiger partial charge < -0.3 is 15.0 Å². The zero-order chi connectivity index (χ0) is 13.3. The van der Waals surface area contributed by atoms with Gasteiger partial charge in [0.05, 0.1) is 5.56 Å². The van der Waals surface area contributed by atoms with Crippen LogP contribution in [0.3, 0.4) is 0 Å². The predicted molar refractivity (Wildman–Crippen MR) is 66.6 cm³/mol. The monoisotopic (exact) mass is 250 g/mol. The first-order chi connectivity index (χ1) is 8.50. The van der Waals surface area contributed by atoms with Crippen LogP contribution in [0.15, 0.2) is 6.07 Å². The SMILES string of the molecule is Cc1cc(C(=O)O)c(C)n1CCNC(=O)C1CC1. The molecular weight excluding hydrogens is 232 g/mol. The number of aromatic nitrogens is 1. The minimum absolute atomic E-state index is 0.121. The van der Waals surface area contributed by atoms with Crippen LogP contribution in [0.4, 0.5) is 0 Å². The van der Waals surface area contributed by atoms with E-state index in [0.717, 1.165) is 24.2 Å². The average molecular weight is 250 g/mol. The molecule has 1 amide bonds. The fourth-order valence-corrected chi connectivity index (χ4v) is 2.14. The van der Waals surface area contributed by atoms with Gasteiger partial charge in [-0.2, -0.15) is 0 Å². The van der Waals surface area contributed by atoms with E-state index >= 15 is 0 Å². The molecule has 0 bridgehead atoms. The lowest BCUT2D eigenvalue weighted by Crippen LogP contribution is -2.28. The number of nitrogens with zero attached hydrogens (tertiary/aromatic N) is 1. The van der Waals surface area contributed by atoms with Gasteiger partial charge in [-0.25, -0.2) is 4.79 Å². The average Bonchev–Trinajstić information content (AvgIpc) is 3.10. The van der Waals surface area contributed by atoms with Crippen molar-refractivity contribution < 1.29 is 14.7 Å². The van der Waals surface area contributed by atoms with Crippen molar-refractivity contribution in [2.45, 2.75) is 33.2 Å². The number of hydrogen-bond acceptors (Lipinski definition) is 2. The highest BCUT2D eigenvalue weighted by atomic mass is 16.4. The highest BCUT2D eigenvalue weighted by Crippen LogP contribution is 2.28. The minimum Gasteiger partial charge on any atom is -0.478 e. The lowest BCUT2D eigenvalue weighted by Gasteiger charge is -2.10. The summed E-state index contributed by atoms with van der Waals surface area (Å²) in [5.74, 6) is -0.571. The summed E-state index contributed by atoms with van der Waals surface area (Å²) in [4.78, 5) is 22.4.